The number of benzene rings is 10. The molecular formula is C71H55N. The van der Waals surface area contributed by atoms with Crippen LogP contribution in [-0.4, -0.2) is 4.57 Å². The van der Waals surface area contributed by atoms with Crippen molar-refractivity contribution in [2.45, 2.75) is 69.1 Å². The van der Waals surface area contributed by atoms with Gasteiger partial charge in [-0.2, -0.15) is 0 Å². The van der Waals surface area contributed by atoms with E-state index in [2.05, 4.69) is 230 Å². The van der Waals surface area contributed by atoms with Gasteiger partial charge in [0, 0.05) is 27.0 Å². The van der Waals surface area contributed by atoms with Crippen molar-refractivity contribution in [2.75, 3.05) is 0 Å². The second-order valence-corrected chi connectivity index (χ2v) is 21.6. The molecule has 0 aliphatic heterocycles. The highest BCUT2D eigenvalue weighted by Gasteiger charge is 2.47. The molecule has 0 bridgehead atoms. The molecule has 72 heavy (non-hydrogen) atoms. The Kier molecular flexibility index (Phi) is 9.28. The van der Waals surface area contributed by atoms with Crippen molar-refractivity contribution in [1.29, 1.82) is 0 Å². The summed E-state index contributed by atoms with van der Waals surface area (Å²) >= 11 is 0. The molecule has 1 nitrogen and oxygen atoms in total. The average Bonchev–Trinajstić information content (AvgIpc) is 4.29. The zero-order valence-electron chi connectivity index (χ0n) is 40.9. The lowest BCUT2D eigenvalue weighted by molar-refractivity contribution is 0.549. The third kappa shape index (κ3) is 6.26. The number of para-hydroxylation sites is 1. The highest BCUT2D eigenvalue weighted by atomic mass is 15.0. The Bertz CT molecular complexity index is 4030. The molecule has 0 unspecified atom stereocenters. The Morgan fingerprint density at radius 2 is 0.778 bits per heavy atom. The fourth-order valence-corrected chi connectivity index (χ4v) is 14.3. The van der Waals surface area contributed by atoms with Crippen LogP contribution in [0.2, 0.25) is 0 Å². The van der Waals surface area contributed by atoms with Gasteiger partial charge >= 0.3 is 0 Å². The minimum atomic E-state index is 0.0807. The number of aryl methyl sites for hydroxylation is 1. The molecule has 0 saturated heterocycles. The first-order chi connectivity index (χ1) is 35.5. The fourth-order valence-electron chi connectivity index (χ4n) is 14.3. The van der Waals surface area contributed by atoms with Crippen molar-refractivity contribution in [2.24, 2.45) is 0 Å². The summed E-state index contributed by atoms with van der Waals surface area (Å²) in [5, 5.41) is 5.05. The van der Waals surface area contributed by atoms with Gasteiger partial charge in [-0.3, -0.25) is 0 Å². The third-order valence-corrected chi connectivity index (χ3v) is 17.8. The Morgan fingerprint density at radius 1 is 0.347 bits per heavy atom. The van der Waals surface area contributed by atoms with Crippen molar-refractivity contribution in [1.82, 2.24) is 4.57 Å². The molecule has 0 amide bonds. The van der Waals surface area contributed by atoms with E-state index in [0.717, 1.165) is 0 Å². The summed E-state index contributed by atoms with van der Waals surface area (Å²) in [6, 6.07) is 78.6. The van der Waals surface area contributed by atoms with E-state index >= 15 is 0 Å². The summed E-state index contributed by atoms with van der Waals surface area (Å²) in [4.78, 5) is 0. The molecule has 2 fully saturated rings. The summed E-state index contributed by atoms with van der Waals surface area (Å²) < 4.78 is 2.43. The van der Waals surface area contributed by atoms with Crippen LogP contribution in [0.4, 0.5) is 0 Å². The van der Waals surface area contributed by atoms with Crippen LogP contribution in [0.3, 0.4) is 0 Å². The average molecular weight is 922 g/mol. The minimum Gasteiger partial charge on any atom is -0.309 e. The van der Waals surface area contributed by atoms with Crippen LogP contribution in [0.15, 0.2) is 206 Å². The van der Waals surface area contributed by atoms with Gasteiger partial charge in [0.05, 0.1) is 16.7 Å². The Labute approximate surface area is 422 Å². The van der Waals surface area contributed by atoms with Crippen LogP contribution >= 0.6 is 0 Å². The van der Waals surface area contributed by atoms with Crippen molar-refractivity contribution in [3.63, 3.8) is 0 Å². The SMILES string of the molecule is Cc1ccc2c(c1)C1(CCCC1)c1cc(-c3ccc4c(c3)C3(CCCC3)c3cc(-c5ccc(C=Cc6ccc(-c7ccc8c(c7)c7ccccc7n8-c7cccc8ccccc78)cc6)cc5)ccc3-4)ccc1-2. The Morgan fingerprint density at radius 3 is 1.36 bits per heavy atom. The van der Waals surface area contributed by atoms with Gasteiger partial charge in [-0.25, -0.2) is 0 Å². The molecule has 11 aromatic rings. The summed E-state index contributed by atoms with van der Waals surface area (Å²) in [5.74, 6) is 0. The van der Waals surface area contributed by atoms with Crippen LogP contribution in [0.1, 0.15) is 90.3 Å². The van der Waals surface area contributed by atoms with Crippen LogP contribution in [-0.2, 0) is 10.8 Å². The van der Waals surface area contributed by atoms with E-state index in [-0.39, 0.29) is 10.8 Å². The van der Waals surface area contributed by atoms with E-state index in [1.54, 1.807) is 16.7 Å². The van der Waals surface area contributed by atoms with Crippen LogP contribution < -0.4 is 0 Å². The van der Waals surface area contributed by atoms with Gasteiger partial charge in [-0.05, 0) is 169 Å². The van der Waals surface area contributed by atoms with Gasteiger partial charge in [0.15, 0.2) is 0 Å². The maximum Gasteiger partial charge on any atom is 0.0541 e. The first-order valence-corrected chi connectivity index (χ1v) is 26.5. The predicted molar refractivity (Wildman–Crippen MR) is 304 cm³/mol. The molecule has 10 aromatic carbocycles. The zero-order valence-corrected chi connectivity index (χ0v) is 40.9. The molecule has 1 heteroatoms. The number of hydrogen-bond donors (Lipinski definition) is 0. The van der Waals surface area contributed by atoms with E-state index in [1.165, 1.54) is 168 Å². The first-order valence-electron chi connectivity index (χ1n) is 26.5. The van der Waals surface area contributed by atoms with Crippen molar-refractivity contribution < 1.29 is 0 Å². The summed E-state index contributed by atoms with van der Waals surface area (Å²) in [5.41, 5.74) is 27.5. The molecule has 0 N–H and O–H groups in total. The minimum absolute atomic E-state index is 0.0807. The zero-order chi connectivity index (χ0) is 47.5. The van der Waals surface area contributed by atoms with E-state index in [4.69, 9.17) is 0 Å². The fraction of sp³-hybridized carbons (Fsp3) is 0.155. The quantitative estimate of drug-likeness (QED) is 0.146. The predicted octanol–water partition coefficient (Wildman–Crippen LogP) is 19.1. The highest BCUT2D eigenvalue weighted by Crippen LogP contribution is 2.60. The molecule has 1 heterocycles. The molecule has 0 radical (unpaired) electrons. The molecule has 0 atom stereocenters. The van der Waals surface area contributed by atoms with Crippen molar-refractivity contribution >= 4 is 44.7 Å². The maximum atomic E-state index is 2.59. The van der Waals surface area contributed by atoms with Gasteiger partial charge < -0.3 is 4.57 Å². The lowest BCUT2D eigenvalue weighted by Crippen LogP contribution is -2.21. The molecule has 2 saturated carbocycles. The van der Waals surface area contributed by atoms with Gasteiger partial charge in [0.25, 0.3) is 0 Å². The molecule has 1 aromatic heterocycles. The molecule has 4 aliphatic carbocycles. The third-order valence-electron chi connectivity index (χ3n) is 17.8. The van der Waals surface area contributed by atoms with E-state index in [1.807, 2.05) is 0 Å². The van der Waals surface area contributed by atoms with Crippen molar-refractivity contribution in [3.05, 3.63) is 245 Å². The molecule has 344 valence electrons. The number of hydrogen-bond acceptors (Lipinski definition) is 0. The second kappa shape index (κ2) is 16.0. The number of fused-ring (bicyclic) bond motifs is 14. The monoisotopic (exact) mass is 921 g/mol. The topological polar surface area (TPSA) is 4.93 Å². The Hall–Kier alpha value is -8.00. The second-order valence-electron chi connectivity index (χ2n) is 21.6. The largest absolute Gasteiger partial charge is 0.309 e. The summed E-state index contributed by atoms with van der Waals surface area (Å²) in [7, 11) is 0. The van der Waals surface area contributed by atoms with Crippen LogP contribution in [0.5, 0.6) is 0 Å². The lowest BCUT2D eigenvalue weighted by Gasteiger charge is -2.28. The normalized spacial score (nSPS) is 15.8. The van der Waals surface area contributed by atoms with E-state index < -0.39 is 0 Å². The van der Waals surface area contributed by atoms with Gasteiger partial charge in [0.2, 0.25) is 0 Å². The maximum absolute atomic E-state index is 2.59. The van der Waals surface area contributed by atoms with E-state index in [0.29, 0.717) is 0 Å². The number of rotatable bonds is 6. The standard InChI is InChI=1S/C71H55N/c1-46-17-32-57-58-34-29-54(44-65(58)70(63(57)41-46)37-6-7-38-70)55-30-35-60-59-33-28-53(43-64(59)71(66(60)45-55)39-8-9-40-71)50-26-22-48(23-27-50)19-18-47-20-24-49(25-21-47)52-31-36-69-62(42-52)61-14-4-5-15-68(61)72(69)67-16-10-12-51-11-2-3-13-56(51)67/h2-5,10-36,41-45H,6-9,37-40H2,1H3. The Balaban J connectivity index is 0.685. The molecular weight excluding hydrogens is 867 g/mol. The summed E-state index contributed by atoms with van der Waals surface area (Å²) in [6.45, 7) is 2.26. The van der Waals surface area contributed by atoms with Crippen LogP contribution in [0.25, 0.3) is 106 Å². The lowest BCUT2D eigenvalue weighted by atomic mass is 9.75. The van der Waals surface area contributed by atoms with Gasteiger partial charge in [-0.1, -0.05) is 207 Å². The highest BCUT2D eigenvalue weighted by molar-refractivity contribution is 6.11. The molecule has 15 rings (SSSR count). The van der Waals surface area contributed by atoms with Crippen molar-refractivity contribution in [3.8, 4) is 61.3 Å². The van der Waals surface area contributed by atoms with Crippen LogP contribution in [0, 0.1) is 6.92 Å². The van der Waals surface area contributed by atoms with Gasteiger partial charge in [-0.15, -0.1) is 0 Å². The summed E-state index contributed by atoms with van der Waals surface area (Å²) in [6.07, 6.45) is 14.7. The molecule has 4 aliphatic rings. The first kappa shape index (κ1) is 41.8. The smallest absolute Gasteiger partial charge is 0.0541 e. The molecule has 2 spiro atoms. The number of nitrogens with zero attached hydrogens (tertiary/aromatic N) is 1. The van der Waals surface area contributed by atoms with E-state index in [9.17, 15) is 0 Å². The van der Waals surface area contributed by atoms with Gasteiger partial charge in [0.1, 0.15) is 0 Å². The number of aromatic nitrogens is 1.